The van der Waals surface area contributed by atoms with E-state index in [4.69, 9.17) is 4.74 Å². The standard InChI is InChI=1S/C15H25NO2/c1-3-4-5-6-7-8-11-16-13-9-10-15(18-2)14(17)12-13/h9-10,12,16-17H,3-8,11H2,1-2H3. The highest BCUT2D eigenvalue weighted by atomic mass is 16.5. The molecule has 0 unspecified atom stereocenters. The van der Waals surface area contributed by atoms with Crippen LogP contribution in [0.25, 0.3) is 0 Å². The Labute approximate surface area is 110 Å². The van der Waals surface area contributed by atoms with E-state index in [1.807, 2.05) is 6.07 Å². The second-order valence-electron chi connectivity index (χ2n) is 4.58. The van der Waals surface area contributed by atoms with E-state index in [2.05, 4.69) is 12.2 Å². The van der Waals surface area contributed by atoms with Crippen LogP contribution in [-0.4, -0.2) is 18.8 Å². The first-order valence-electron chi connectivity index (χ1n) is 6.88. The van der Waals surface area contributed by atoms with Crippen LogP contribution in [0.3, 0.4) is 0 Å². The zero-order valence-electron chi connectivity index (χ0n) is 11.5. The Bertz CT molecular complexity index is 339. The number of methoxy groups -OCH3 is 1. The van der Waals surface area contributed by atoms with Gasteiger partial charge in [0.15, 0.2) is 11.5 Å². The van der Waals surface area contributed by atoms with Crippen LogP contribution in [-0.2, 0) is 0 Å². The fourth-order valence-corrected chi connectivity index (χ4v) is 1.94. The maximum atomic E-state index is 9.63. The van der Waals surface area contributed by atoms with E-state index in [9.17, 15) is 5.11 Å². The van der Waals surface area contributed by atoms with E-state index >= 15 is 0 Å². The van der Waals surface area contributed by atoms with Crippen molar-refractivity contribution < 1.29 is 9.84 Å². The Morgan fingerprint density at radius 2 is 1.83 bits per heavy atom. The number of unbranched alkanes of at least 4 members (excludes halogenated alkanes) is 5. The van der Waals surface area contributed by atoms with Crippen molar-refractivity contribution in [2.75, 3.05) is 19.0 Å². The van der Waals surface area contributed by atoms with Gasteiger partial charge >= 0.3 is 0 Å². The second kappa shape index (κ2) is 8.67. The molecule has 0 amide bonds. The third-order valence-electron chi connectivity index (χ3n) is 3.04. The summed E-state index contributed by atoms with van der Waals surface area (Å²) in [4.78, 5) is 0. The van der Waals surface area contributed by atoms with Crippen molar-refractivity contribution in [2.24, 2.45) is 0 Å². The lowest BCUT2D eigenvalue weighted by Crippen LogP contribution is -2.01. The molecule has 0 heterocycles. The molecule has 0 saturated carbocycles. The summed E-state index contributed by atoms with van der Waals surface area (Å²) < 4.78 is 5.00. The SMILES string of the molecule is CCCCCCCCNc1ccc(OC)c(O)c1. The van der Waals surface area contributed by atoms with Gasteiger partial charge in [0.2, 0.25) is 0 Å². The Kier molecular flexibility index (Phi) is 7.07. The van der Waals surface area contributed by atoms with E-state index in [-0.39, 0.29) is 5.75 Å². The van der Waals surface area contributed by atoms with Gasteiger partial charge in [-0.15, -0.1) is 0 Å². The Morgan fingerprint density at radius 3 is 2.50 bits per heavy atom. The topological polar surface area (TPSA) is 41.5 Å². The summed E-state index contributed by atoms with van der Waals surface area (Å²) in [6.45, 7) is 3.19. The quantitative estimate of drug-likeness (QED) is 0.647. The molecule has 0 spiro atoms. The first-order chi connectivity index (χ1) is 8.77. The molecular formula is C15H25NO2. The van der Waals surface area contributed by atoms with Crippen LogP contribution in [0.1, 0.15) is 45.4 Å². The van der Waals surface area contributed by atoms with E-state index < -0.39 is 0 Å². The number of phenols is 1. The van der Waals surface area contributed by atoms with E-state index in [1.165, 1.54) is 38.5 Å². The average molecular weight is 251 g/mol. The van der Waals surface area contributed by atoms with Crippen LogP contribution in [0, 0.1) is 0 Å². The number of phenolic OH excluding ortho intramolecular Hbond substituents is 1. The highest BCUT2D eigenvalue weighted by Crippen LogP contribution is 2.28. The fraction of sp³-hybridized carbons (Fsp3) is 0.600. The lowest BCUT2D eigenvalue weighted by atomic mass is 10.1. The maximum Gasteiger partial charge on any atom is 0.160 e. The van der Waals surface area contributed by atoms with Crippen molar-refractivity contribution in [2.45, 2.75) is 45.4 Å². The molecular weight excluding hydrogens is 226 g/mol. The number of rotatable bonds is 9. The largest absolute Gasteiger partial charge is 0.504 e. The number of anilines is 1. The number of hydrogen-bond acceptors (Lipinski definition) is 3. The molecule has 0 fully saturated rings. The first-order valence-corrected chi connectivity index (χ1v) is 6.88. The minimum Gasteiger partial charge on any atom is -0.504 e. The monoisotopic (exact) mass is 251 g/mol. The predicted molar refractivity (Wildman–Crippen MR) is 76.5 cm³/mol. The van der Waals surface area contributed by atoms with Crippen LogP contribution in [0.15, 0.2) is 18.2 Å². The molecule has 0 aliphatic carbocycles. The number of ether oxygens (including phenoxy) is 1. The lowest BCUT2D eigenvalue weighted by molar-refractivity contribution is 0.373. The summed E-state index contributed by atoms with van der Waals surface area (Å²) in [6, 6.07) is 5.41. The number of aromatic hydroxyl groups is 1. The van der Waals surface area contributed by atoms with E-state index in [1.54, 1.807) is 19.2 Å². The van der Waals surface area contributed by atoms with E-state index in [0.717, 1.165) is 12.2 Å². The van der Waals surface area contributed by atoms with Gasteiger partial charge in [0, 0.05) is 18.3 Å². The minimum atomic E-state index is 0.186. The molecule has 0 aromatic heterocycles. The Balaban J connectivity index is 2.17. The molecule has 2 N–H and O–H groups in total. The summed E-state index contributed by atoms with van der Waals surface area (Å²) in [5, 5.41) is 12.9. The highest BCUT2D eigenvalue weighted by Gasteiger charge is 2.01. The normalized spacial score (nSPS) is 10.3. The molecule has 0 bridgehead atoms. The molecule has 3 heteroatoms. The van der Waals surface area contributed by atoms with Gasteiger partial charge in [-0.25, -0.2) is 0 Å². The summed E-state index contributed by atoms with van der Waals surface area (Å²) in [5.41, 5.74) is 0.946. The van der Waals surface area contributed by atoms with Crippen molar-refractivity contribution in [1.82, 2.24) is 0 Å². The lowest BCUT2D eigenvalue weighted by Gasteiger charge is -2.08. The molecule has 1 aromatic rings. The summed E-state index contributed by atoms with van der Waals surface area (Å²) in [7, 11) is 1.55. The van der Waals surface area contributed by atoms with Gasteiger partial charge < -0.3 is 15.2 Å². The van der Waals surface area contributed by atoms with Crippen LogP contribution < -0.4 is 10.1 Å². The Hall–Kier alpha value is -1.38. The van der Waals surface area contributed by atoms with Crippen LogP contribution in [0.4, 0.5) is 5.69 Å². The number of hydrogen-bond donors (Lipinski definition) is 2. The number of benzene rings is 1. The third kappa shape index (κ3) is 5.30. The molecule has 0 aliphatic rings. The van der Waals surface area contributed by atoms with Gasteiger partial charge in [-0.3, -0.25) is 0 Å². The second-order valence-corrected chi connectivity index (χ2v) is 4.58. The molecule has 1 rings (SSSR count). The van der Waals surface area contributed by atoms with Crippen LogP contribution in [0.2, 0.25) is 0 Å². The van der Waals surface area contributed by atoms with Gasteiger partial charge in [0.05, 0.1) is 7.11 Å². The smallest absolute Gasteiger partial charge is 0.160 e. The van der Waals surface area contributed by atoms with Gasteiger partial charge in [-0.1, -0.05) is 39.0 Å². The van der Waals surface area contributed by atoms with Gasteiger partial charge in [-0.05, 0) is 18.6 Å². The van der Waals surface area contributed by atoms with Gasteiger partial charge in [-0.2, -0.15) is 0 Å². The fourth-order valence-electron chi connectivity index (χ4n) is 1.94. The third-order valence-corrected chi connectivity index (χ3v) is 3.04. The summed E-state index contributed by atoms with van der Waals surface area (Å²) in [5.74, 6) is 0.700. The van der Waals surface area contributed by atoms with E-state index in [0.29, 0.717) is 5.75 Å². The summed E-state index contributed by atoms with van der Waals surface area (Å²) in [6.07, 6.45) is 7.76. The average Bonchev–Trinajstić information content (AvgIpc) is 2.38. The minimum absolute atomic E-state index is 0.186. The Morgan fingerprint density at radius 1 is 1.11 bits per heavy atom. The zero-order valence-corrected chi connectivity index (χ0v) is 11.5. The summed E-state index contributed by atoms with van der Waals surface area (Å²) >= 11 is 0. The molecule has 0 radical (unpaired) electrons. The van der Waals surface area contributed by atoms with Crippen molar-refractivity contribution in [3.05, 3.63) is 18.2 Å². The van der Waals surface area contributed by atoms with Gasteiger partial charge in [0.1, 0.15) is 0 Å². The first kappa shape index (κ1) is 14.7. The molecule has 0 aliphatic heterocycles. The van der Waals surface area contributed by atoms with Crippen molar-refractivity contribution in [1.29, 1.82) is 0 Å². The predicted octanol–water partition coefficient (Wildman–Crippen LogP) is 4.17. The van der Waals surface area contributed by atoms with Crippen molar-refractivity contribution in [3.8, 4) is 11.5 Å². The molecule has 102 valence electrons. The van der Waals surface area contributed by atoms with Crippen molar-refractivity contribution in [3.63, 3.8) is 0 Å². The molecule has 3 nitrogen and oxygen atoms in total. The van der Waals surface area contributed by atoms with Gasteiger partial charge in [0.25, 0.3) is 0 Å². The van der Waals surface area contributed by atoms with Crippen LogP contribution in [0.5, 0.6) is 11.5 Å². The molecule has 0 saturated heterocycles. The highest BCUT2D eigenvalue weighted by molar-refractivity contribution is 5.53. The maximum absolute atomic E-state index is 9.63. The molecule has 1 aromatic carbocycles. The van der Waals surface area contributed by atoms with Crippen LogP contribution >= 0.6 is 0 Å². The number of nitrogens with one attached hydrogen (secondary N) is 1. The molecule has 0 atom stereocenters. The van der Waals surface area contributed by atoms with Crippen molar-refractivity contribution >= 4 is 5.69 Å². The molecule has 18 heavy (non-hydrogen) atoms. The zero-order chi connectivity index (χ0) is 13.2.